The summed E-state index contributed by atoms with van der Waals surface area (Å²) in [5.41, 5.74) is 0.757. The molecular formula is C23H35N3O4. The lowest BCUT2D eigenvalue weighted by Crippen LogP contribution is -2.45. The summed E-state index contributed by atoms with van der Waals surface area (Å²) < 4.78 is 16.2. The number of aryl methyl sites for hydroxylation is 2. The third-order valence-electron chi connectivity index (χ3n) is 4.76. The Kier molecular flexibility index (Phi) is 9.20. The minimum Gasteiger partial charge on any atom is -0.497 e. The van der Waals surface area contributed by atoms with E-state index in [1.807, 2.05) is 51.1 Å². The number of methoxy groups -OCH3 is 1. The standard InChI is InChI=1S/C23H35N3O4/c1-6-29-13-7-12-24-22(25-15-19-8-10-20(28-5)11-9-19)26-16-23(4,27)21-14-17(2)30-18(21)3/h8-11,14,27H,6-7,12-13,15-16H2,1-5H3,(H2,24,25,26). The summed E-state index contributed by atoms with van der Waals surface area (Å²) >= 11 is 0. The first kappa shape index (κ1) is 23.8. The molecule has 0 amide bonds. The fraction of sp³-hybridized carbons (Fsp3) is 0.522. The van der Waals surface area contributed by atoms with Gasteiger partial charge in [-0.2, -0.15) is 0 Å². The van der Waals surface area contributed by atoms with Gasteiger partial charge in [0.25, 0.3) is 0 Å². The fourth-order valence-electron chi connectivity index (χ4n) is 3.12. The molecule has 0 aliphatic carbocycles. The molecule has 30 heavy (non-hydrogen) atoms. The van der Waals surface area contributed by atoms with Crippen LogP contribution in [-0.2, 0) is 16.9 Å². The number of benzene rings is 1. The Morgan fingerprint density at radius 2 is 1.93 bits per heavy atom. The van der Waals surface area contributed by atoms with Crippen LogP contribution >= 0.6 is 0 Å². The highest BCUT2D eigenvalue weighted by Gasteiger charge is 2.27. The summed E-state index contributed by atoms with van der Waals surface area (Å²) in [5.74, 6) is 2.96. The summed E-state index contributed by atoms with van der Waals surface area (Å²) in [6.07, 6.45) is 0.869. The molecule has 1 unspecified atom stereocenters. The largest absolute Gasteiger partial charge is 0.497 e. The van der Waals surface area contributed by atoms with Crippen LogP contribution in [0.3, 0.4) is 0 Å². The molecule has 0 aliphatic rings. The molecule has 1 atom stereocenters. The summed E-state index contributed by atoms with van der Waals surface area (Å²) in [6.45, 7) is 10.4. The van der Waals surface area contributed by atoms with E-state index < -0.39 is 5.60 Å². The third kappa shape index (κ3) is 7.39. The molecule has 0 aliphatic heterocycles. The van der Waals surface area contributed by atoms with Crippen LogP contribution in [-0.4, -0.2) is 44.5 Å². The molecule has 0 fully saturated rings. The molecular weight excluding hydrogens is 382 g/mol. The first-order valence-electron chi connectivity index (χ1n) is 10.4. The topological polar surface area (TPSA) is 88.2 Å². The number of rotatable bonds is 11. The van der Waals surface area contributed by atoms with E-state index in [-0.39, 0.29) is 0 Å². The molecule has 2 aromatic rings. The van der Waals surface area contributed by atoms with E-state index in [9.17, 15) is 5.11 Å². The van der Waals surface area contributed by atoms with Crippen molar-refractivity contribution in [1.29, 1.82) is 0 Å². The number of nitrogens with one attached hydrogen (secondary N) is 2. The number of guanidine groups is 1. The van der Waals surface area contributed by atoms with Crippen LogP contribution < -0.4 is 15.4 Å². The molecule has 1 aromatic carbocycles. The molecule has 7 heteroatoms. The molecule has 3 N–H and O–H groups in total. The van der Waals surface area contributed by atoms with Crippen molar-refractivity contribution in [3.8, 4) is 5.75 Å². The van der Waals surface area contributed by atoms with Gasteiger partial charge in [-0.1, -0.05) is 12.1 Å². The van der Waals surface area contributed by atoms with Crippen molar-refractivity contribution in [2.45, 2.75) is 46.3 Å². The van der Waals surface area contributed by atoms with E-state index in [0.717, 1.165) is 41.4 Å². The maximum Gasteiger partial charge on any atom is 0.191 e. The molecule has 1 aromatic heterocycles. The number of hydrogen-bond acceptors (Lipinski definition) is 5. The Morgan fingerprint density at radius 1 is 1.20 bits per heavy atom. The highest BCUT2D eigenvalue weighted by molar-refractivity contribution is 5.79. The van der Waals surface area contributed by atoms with Gasteiger partial charge in [-0.05, 0) is 57.9 Å². The van der Waals surface area contributed by atoms with Crippen molar-refractivity contribution in [2.24, 2.45) is 4.99 Å². The average Bonchev–Trinajstić information content (AvgIpc) is 3.08. The predicted octanol–water partition coefficient (Wildman–Crippen LogP) is 3.27. The monoisotopic (exact) mass is 417 g/mol. The second kappa shape index (κ2) is 11.6. The second-order valence-corrected chi connectivity index (χ2v) is 7.44. The second-order valence-electron chi connectivity index (χ2n) is 7.44. The molecule has 0 saturated carbocycles. The summed E-state index contributed by atoms with van der Waals surface area (Å²) in [6, 6.07) is 9.69. The van der Waals surface area contributed by atoms with Gasteiger partial charge in [0.2, 0.25) is 0 Å². The number of aliphatic hydroxyl groups is 1. The number of furan rings is 1. The van der Waals surface area contributed by atoms with Crippen molar-refractivity contribution in [3.63, 3.8) is 0 Å². The van der Waals surface area contributed by atoms with Crippen LogP contribution in [0.1, 0.15) is 42.9 Å². The van der Waals surface area contributed by atoms with Gasteiger partial charge < -0.3 is 29.6 Å². The van der Waals surface area contributed by atoms with E-state index in [1.165, 1.54) is 0 Å². The Labute approximate surface area is 179 Å². The lowest BCUT2D eigenvalue weighted by molar-refractivity contribution is 0.0601. The zero-order valence-corrected chi connectivity index (χ0v) is 18.7. The zero-order chi connectivity index (χ0) is 22.0. The first-order chi connectivity index (χ1) is 14.4. The minimum absolute atomic E-state index is 0.298. The van der Waals surface area contributed by atoms with Gasteiger partial charge in [0.1, 0.15) is 22.9 Å². The van der Waals surface area contributed by atoms with Crippen LogP contribution in [0.15, 0.2) is 39.7 Å². The summed E-state index contributed by atoms with van der Waals surface area (Å²) in [5, 5.41) is 17.5. The molecule has 2 rings (SSSR count). The minimum atomic E-state index is -1.09. The maximum atomic E-state index is 11.0. The Hall–Kier alpha value is -2.51. The van der Waals surface area contributed by atoms with E-state index in [4.69, 9.17) is 13.9 Å². The van der Waals surface area contributed by atoms with Gasteiger partial charge in [-0.3, -0.25) is 0 Å². The smallest absolute Gasteiger partial charge is 0.191 e. The van der Waals surface area contributed by atoms with Crippen LogP contribution in [0.4, 0.5) is 0 Å². The van der Waals surface area contributed by atoms with Crippen molar-refractivity contribution in [2.75, 3.05) is 33.4 Å². The third-order valence-corrected chi connectivity index (χ3v) is 4.76. The van der Waals surface area contributed by atoms with E-state index in [0.29, 0.717) is 32.3 Å². The molecule has 7 nitrogen and oxygen atoms in total. The highest BCUT2D eigenvalue weighted by Crippen LogP contribution is 2.26. The molecule has 0 radical (unpaired) electrons. The van der Waals surface area contributed by atoms with Crippen LogP contribution in [0.25, 0.3) is 0 Å². The van der Waals surface area contributed by atoms with Gasteiger partial charge in [0.15, 0.2) is 5.96 Å². The Balaban J connectivity index is 2.02. The number of ether oxygens (including phenoxy) is 2. The number of aliphatic imine (C=N–C) groups is 1. The van der Waals surface area contributed by atoms with Crippen LogP contribution in [0, 0.1) is 13.8 Å². The normalized spacial score (nSPS) is 13.7. The van der Waals surface area contributed by atoms with Gasteiger partial charge in [0.05, 0.1) is 20.2 Å². The van der Waals surface area contributed by atoms with Gasteiger partial charge in [-0.25, -0.2) is 4.99 Å². The van der Waals surface area contributed by atoms with Crippen molar-refractivity contribution >= 4 is 5.96 Å². The van der Waals surface area contributed by atoms with Crippen molar-refractivity contribution in [3.05, 3.63) is 53.0 Å². The summed E-state index contributed by atoms with van der Waals surface area (Å²) in [7, 11) is 1.65. The SMILES string of the molecule is CCOCCCNC(=NCc1ccc(OC)cc1)NCC(C)(O)c1cc(C)oc1C. The lowest BCUT2D eigenvalue weighted by atomic mass is 9.96. The zero-order valence-electron chi connectivity index (χ0n) is 18.7. The lowest BCUT2D eigenvalue weighted by Gasteiger charge is -2.24. The van der Waals surface area contributed by atoms with E-state index >= 15 is 0 Å². The molecule has 166 valence electrons. The maximum absolute atomic E-state index is 11.0. The van der Waals surface area contributed by atoms with Crippen LogP contribution in [0.2, 0.25) is 0 Å². The average molecular weight is 418 g/mol. The predicted molar refractivity (Wildman–Crippen MR) is 119 cm³/mol. The summed E-state index contributed by atoms with van der Waals surface area (Å²) in [4.78, 5) is 4.67. The first-order valence-corrected chi connectivity index (χ1v) is 10.4. The molecule has 1 heterocycles. The van der Waals surface area contributed by atoms with E-state index in [2.05, 4.69) is 15.6 Å². The molecule has 0 spiro atoms. The quantitative estimate of drug-likeness (QED) is 0.295. The van der Waals surface area contributed by atoms with Crippen molar-refractivity contribution < 1.29 is 19.0 Å². The molecule has 0 saturated heterocycles. The highest BCUT2D eigenvalue weighted by atomic mass is 16.5. The van der Waals surface area contributed by atoms with Crippen molar-refractivity contribution in [1.82, 2.24) is 10.6 Å². The van der Waals surface area contributed by atoms with Gasteiger partial charge in [0, 0.05) is 25.3 Å². The van der Waals surface area contributed by atoms with E-state index in [1.54, 1.807) is 14.0 Å². The van der Waals surface area contributed by atoms with Gasteiger partial charge >= 0.3 is 0 Å². The molecule has 0 bridgehead atoms. The number of nitrogens with zero attached hydrogens (tertiary/aromatic N) is 1. The Morgan fingerprint density at radius 3 is 2.53 bits per heavy atom. The number of hydrogen-bond donors (Lipinski definition) is 3. The van der Waals surface area contributed by atoms with Gasteiger partial charge in [-0.15, -0.1) is 0 Å². The fourth-order valence-corrected chi connectivity index (χ4v) is 3.12. The van der Waals surface area contributed by atoms with Crippen LogP contribution in [0.5, 0.6) is 5.75 Å². The Bertz CT molecular complexity index is 797.